The summed E-state index contributed by atoms with van der Waals surface area (Å²) in [7, 11) is 1.57. The van der Waals surface area contributed by atoms with E-state index in [-0.39, 0.29) is 17.7 Å². The maximum atomic E-state index is 14.0. The number of ether oxygens (including phenoxy) is 3. The molecule has 5 rings (SSSR count). The van der Waals surface area contributed by atoms with Crippen LogP contribution in [0.4, 0.5) is 0 Å². The van der Waals surface area contributed by atoms with Crippen LogP contribution < -0.4 is 24.4 Å². The summed E-state index contributed by atoms with van der Waals surface area (Å²) in [5.41, 5.74) is 2.41. The molecule has 0 aliphatic carbocycles. The van der Waals surface area contributed by atoms with Crippen molar-refractivity contribution in [1.29, 1.82) is 0 Å². The van der Waals surface area contributed by atoms with E-state index < -0.39 is 24.6 Å². The van der Waals surface area contributed by atoms with E-state index >= 15 is 0 Å². The number of hydrogen-bond donors (Lipinski definition) is 1. The lowest BCUT2D eigenvalue weighted by molar-refractivity contribution is -0.140. The van der Waals surface area contributed by atoms with Crippen LogP contribution in [0, 0.1) is 0 Å². The summed E-state index contributed by atoms with van der Waals surface area (Å²) >= 11 is 1.19. The number of carbonyl (C=O) groups is 2. The second-order valence-electron chi connectivity index (χ2n) is 8.96. The largest absolute Gasteiger partial charge is 0.497 e. The van der Waals surface area contributed by atoms with Crippen LogP contribution in [0.2, 0.25) is 0 Å². The molecule has 0 radical (unpaired) electrons. The molecule has 1 aliphatic heterocycles. The Hall–Kier alpha value is -4.96. The van der Waals surface area contributed by atoms with Crippen LogP contribution in [0.5, 0.6) is 11.5 Å². The van der Waals surface area contributed by atoms with E-state index in [4.69, 9.17) is 24.3 Å². The number of hydrogen-bond acceptors (Lipinski definition) is 8. The molecule has 1 aliphatic rings. The molecule has 2 heterocycles. The summed E-state index contributed by atoms with van der Waals surface area (Å²) in [6, 6.07) is 22.5. The quantitative estimate of drug-likeness (QED) is 0.307. The second kappa shape index (κ2) is 12.1. The molecule has 9 nitrogen and oxygen atoms in total. The van der Waals surface area contributed by atoms with Crippen molar-refractivity contribution < 1.29 is 28.9 Å². The maximum Gasteiger partial charge on any atom is 0.341 e. The maximum absolute atomic E-state index is 14.0. The number of thiazole rings is 1. The number of esters is 1. The van der Waals surface area contributed by atoms with E-state index in [9.17, 15) is 14.4 Å². The number of carboxylic acids is 1. The van der Waals surface area contributed by atoms with E-state index in [1.807, 2.05) is 42.5 Å². The van der Waals surface area contributed by atoms with E-state index in [0.29, 0.717) is 37.7 Å². The predicted octanol–water partition coefficient (Wildman–Crippen LogP) is 3.41. The minimum absolute atomic E-state index is 0.157. The molecule has 41 heavy (non-hydrogen) atoms. The van der Waals surface area contributed by atoms with Gasteiger partial charge in [0.15, 0.2) is 11.4 Å². The smallest absolute Gasteiger partial charge is 0.341 e. The van der Waals surface area contributed by atoms with Gasteiger partial charge in [-0.25, -0.2) is 14.6 Å². The van der Waals surface area contributed by atoms with Crippen molar-refractivity contribution in [2.75, 3.05) is 20.3 Å². The van der Waals surface area contributed by atoms with Crippen LogP contribution in [0.25, 0.3) is 11.8 Å². The summed E-state index contributed by atoms with van der Waals surface area (Å²) in [5, 5.41) is 8.93. The summed E-state index contributed by atoms with van der Waals surface area (Å²) in [6.07, 6.45) is 1.69. The molecule has 208 valence electrons. The highest BCUT2D eigenvalue weighted by Crippen LogP contribution is 2.35. The molecular formula is C31H26N2O7S. The van der Waals surface area contributed by atoms with E-state index in [0.717, 1.165) is 5.56 Å². The van der Waals surface area contributed by atoms with Crippen LogP contribution in [0.3, 0.4) is 0 Å². The second-order valence-corrected chi connectivity index (χ2v) is 9.97. The van der Waals surface area contributed by atoms with Gasteiger partial charge in [0.1, 0.15) is 11.5 Å². The Bertz CT molecular complexity index is 1810. The number of benzene rings is 3. The Labute approximate surface area is 238 Å². The minimum Gasteiger partial charge on any atom is -0.497 e. The first-order valence-electron chi connectivity index (χ1n) is 12.8. The molecular weight excluding hydrogens is 544 g/mol. The Morgan fingerprint density at radius 2 is 1.78 bits per heavy atom. The SMILES string of the molecule is CCOC(=O)C1=C(c2ccccc2)N=c2s/c(=C\c3cccc(OCC(=O)O)c3)c(=O)n2[C@@H]1c1ccc(OC)cc1. The molecule has 4 aromatic rings. The van der Waals surface area contributed by atoms with Gasteiger partial charge in [0.2, 0.25) is 0 Å². The van der Waals surface area contributed by atoms with Gasteiger partial charge in [-0.05, 0) is 48.4 Å². The zero-order valence-corrected chi connectivity index (χ0v) is 23.1. The van der Waals surface area contributed by atoms with Crippen molar-refractivity contribution in [3.05, 3.63) is 121 Å². The summed E-state index contributed by atoms with van der Waals surface area (Å²) in [6.45, 7) is 1.41. The van der Waals surface area contributed by atoms with E-state index in [2.05, 4.69) is 0 Å². The van der Waals surface area contributed by atoms with Crippen molar-refractivity contribution in [3.63, 3.8) is 0 Å². The van der Waals surface area contributed by atoms with Crippen molar-refractivity contribution in [1.82, 2.24) is 4.57 Å². The van der Waals surface area contributed by atoms with Crippen molar-refractivity contribution in [3.8, 4) is 11.5 Å². The molecule has 0 unspecified atom stereocenters. The molecule has 1 atom stereocenters. The van der Waals surface area contributed by atoms with E-state index in [1.165, 1.54) is 15.9 Å². The van der Waals surface area contributed by atoms with Gasteiger partial charge in [-0.15, -0.1) is 0 Å². The summed E-state index contributed by atoms with van der Waals surface area (Å²) in [4.78, 5) is 43.6. The zero-order valence-electron chi connectivity index (χ0n) is 22.3. The molecule has 0 fully saturated rings. The molecule has 0 saturated carbocycles. The Balaban J connectivity index is 1.74. The van der Waals surface area contributed by atoms with Gasteiger partial charge in [0, 0.05) is 5.56 Å². The molecule has 1 aromatic heterocycles. The van der Waals surface area contributed by atoms with Crippen LogP contribution in [-0.4, -0.2) is 41.9 Å². The van der Waals surface area contributed by atoms with E-state index in [1.54, 1.807) is 56.5 Å². The topological polar surface area (TPSA) is 116 Å². The Kier molecular flexibility index (Phi) is 8.11. The highest BCUT2D eigenvalue weighted by Gasteiger charge is 2.35. The first-order chi connectivity index (χ1) is 19.9. The van der Waals surface area contributed by atoms with Gasteiger partial charge < -0.3 is 19.3 Å². The highest BCUT2D eigenvalue weighted by atomic mass is 32.1. The monoisotopic (exact) mass is 570 g/mol. The van der Waals surface area contributed by atoms with Gasteiger partial charge in [-0.1, -0.05) is 65.9 Å². The van der Waals surface area contributed by atoms with Crippen LogP contribution in [0.15, 0.2) is 94.2 Å². The average Bonchev–Trinajstić information content (AvgIpc) is 3.30. The molecule has 3 aromatic carbocycles. The molecule has 1 N–H and O–H groups in total. The van der Waals surface area contributed by atoms with Crippen molar-refractivity contribution in [2.24, 2.45) is 4.99 Å². The first-order valence-corrected chi connectivity index (χ1v) is 13.6. The number of carboxylic acid groups (broad SMARTS) is 1. The van der Waals surface area contributed by atoms with Gasteiger partial charge in [0.25, 0.3) is 5.56 Å². The number of fused-ring (bicyclic) bond motifs is 1. The normalized spacial score (nSPS) is 14.7. The third-order valence-corrected chi connectivity index (χ3v) is 7.31. The molecule has 0 bridgehead atoms. The number of rotatable bonds is 9. The standard InChI is InChI=1S/C31H26N2O7S/c1-3-39-30(37)26-27(20-9-5-4-6-10-20)32-31-33(28(26)21-12-14-22(38-2)15-13-21)29(36)24(41-31)17-19-8-7-11-23(16-19)40-18-25(34)35/h4-17,28H,3,18H2,1-2H3,(H,34,35)/b24-17-/t28-/m1/s1. The van der Waals surface area contributed by atoms with Gasteiger partial charge in [-0.2, -0.15) is 0 Å². The fraction of sp³-hybridized carbons (Fsp3) is 0.161. The van der Waals surface area contributed by atoms with Crippen LogP contribution in [-0.2, 0) is 14.3 Å². The van der Waals surface area contributed by atoms with Crippen molar-refractivity contribution >= 4 is 35.0 Å². The molecule has 0 amide bonds. The molecule has 0 spiro atoms. The lowest BCUT2D eigenvalue weighted by Crippen LogP contribution is -2.40. The molecule has 10 heteroatoms. The van der Waals surface area contributed by atoms with Gasteiger partial charge in [-0.3, -0.25) is 9.36 Å². The number of methoxy groups -OCH3 is 1. The molecule has 0 saturated heterocycles. The first kappa shape index (κ1) is 27.6. The number of aliphatic carboxylic acids is 1. The fourth-order valence-corrected chi connectivity index (χ4v) is 5.53. The summed E-state index contributed by atoms with van der Waals surface area (Å²) in [5.74, 6) is -0.653. The fourth-order valence-electron chi connectivity index (χ4n) is 4.53. The number of aromatic nitrogens is 1. The van der Waals surface area contributed by atoms with Crippen LogP contribution >= 0.6 is 11.3 Å². The van der Waals surface area contributed by atoms with Gasteiger partial charge in [0.05, 0.1) is 35.6 Å². The zero-order chi connectivity index (χ0) is 28.9. The van der Waals surface area contributed by atoms with Gasteiger partial charge >= 0.3 is 11.9 Å². The highest BCUT2D eigenvalue weighted by molar-refractivity contribution is 7.07. The average molecular weight is 571 g/mol. The predicted molar refractivity (Wildman–Crippen MR) is 154 cm³/mol. The Morgan fingerprint density at radius 1 is 1.02 bits per heavy atom. The lowest BCUT2D eigenvalue weighted by Gasteiger charge is -2.26. The van der Waals surface area contributed by atoms with Crippen molar-refractivity contribution in [2.45, 2.75) is 13.0 Å². The third-order valence-electron chi connectivity index (χ3n) is 6.32. The van der Waals surface area contributed by atoms with Crippen LogP contribution in [0.1, 0.15) is 29.7 Å². The number of nitrogens with zero attached hydrogens (tertiary/aromatic N) is 2. The Morgan fingerprint density at radius 3 is 2.46 bits per heavy atom. The number of carbonyl (C=O) groups excluding carboxylic acids is 1. The lowest BCUT2D eigenvalue weighted by atomic mass is 9.93. The minimum atomic E-state index is -1.09. The third kappa shape index (κ3) is 5.82. The summed E-state index contributed by atoms with van der Waals surface area (Å²) < 4.78 is 18.0.